The summed E-state index contributed by atoms with van der Waals surface area (Å²) in [6.45, 7) is 5.40. The van der Waals surface area contributed by atoms with E-state index < -0.39 is 0 Å². The molecule has 1 aromatic rings. The van der Waals surface area contributed by atoms with E-state index in [9.17, 15) is 4.39 Å². The first-order valence-electron chi connectivity index (χ1n) is 6.73. The zero-order valence-electron chi connectivity index (χ0n) is 11.0. The maximum absolute atomic E-state index is 13.4. The monoisotopic (exact) mass is 313 g/mol. The molecule has 0 bridgehead atoms. The fraction of sp³-hybridized carbons (Fsp3) is 0.600. The van der Waals surface area contributed by atoms with Gasteiger partial charge in [0, 0.05) is 12.6 Å². The number of benzene rings is 1. The maximum atomic E-state index is 13.4. The van der Waals surface area contributed by atoms with Crippen LogP contribution in [0.5, 0.6) is 0 Å². The molecular formula is C15H21BrFN. The average Bonchev–Trinajstić information content (AvgIpc) is 2.32. The van der Waals surface area contributed by atoms with Gasteiger partial charge in [-0.25, -0.2) is 4.39 Å². The molecule has 0 aliphatic heterocycles. The fourth-order valence-corrected chi connectivity index (χ4v) is 3.11. The molecule has 3 heteroatoms. The quantitative estimate of drug-likeness (QED) is 0.866. The van der Waals surface area contributed by atoms with Gasteiger partial charge in [0.2, 0.25) is 0 Å². The zero-order chi connectivity index (χ0) is 13.1. The van der Waals surface area contributed by atoms with Crippen LogP contribution in [0, 0.1) is 17.7 Å². The molecule has 1 nitrogen and oxygen atoms in total. The van der Waals surface area contributed by atoms with Crippen LogP contribution >= 0.6 is 15.9 Å². The molecule has 0 saturated heterocycles. The molecule has 0 aromatic heterocycles. The Morgan fingerprint density at radius 1 is 1.33 bits per heavy atom. The standard InChI is InChI=1S/C15H21BrFN/c1-10-3-6-15(11(2)7-10)18-9-12-4-5-13(16)14(17)8-12/h4-5,8,10-11,15,18H,3,6-7,9H2,1-2H3. The molecule has 0 heterocycles. The van der Waals surface area contributed by atoms with E-state index in [0.29, 0.717) is 16.4 Å². The van der Waals surface area contributed by atoms with Gasteiger partial charge in [-0.1, -0.05) is 19.9 Å². The first kappa shape index (κ1) is 14.0. The van der Waals surface area contributed by atoms with E-state index in [1.165, 1.54) is 19.3 Å². The Labute approximate surface area is 117 Å². The van der Waals surface area contributed by atoms with Crippen LogP contribution in [0.2, 0.25) is 0 Å². The van der Waals surface area contributed by atoms with Crippen molar-refractivity contribution in [2.45, 2.75) is 45.7 Å². The van der Waals surface area contributed by atoms with Crippen LogP contribution in [0.15, 0.2) is 22.7 Å². The number of halogens is 2. The van der Waals surface area contributed by atoms with E-state index in [1.54, 1.807) is 12.1 Å². The summed E-state index contributed by atoms with van der Waals surface area (Å²) in [4.78, 5) is 0. The largest absolute Gasteiger partial charge is 0.310 e. The third-order valence-corrected chi connectivity index (χ3v) is 4.63. The molecule has 0 radical (unpaired) electrons. The first-order chi connectivity index (χ1) is 8.56. The van der Waals surface area contributed by atoms with Gasteiger partial charge in [0.1, 0.15) is 5.82 Å². The van der Waals surface area contributed by atoms with Crippen LogP contribution in [0.3, 0.4) is 0 Å². The van der Waals surface area contributed by atoms with Gasteiger partial charge in [-0.2, -0.15) is 0 Å². The fourth-order valence-electron chi connectivity index (χ4n) is 2.87. The second-order valence-corrected chi connectivity index (χ2v) is 6.49. The van der Waals surface area contributed by atoms with Crippen LogP contribution < -0.4 is 5.32 Å². The molecule has 0 amide bonds. The van der Waals surface area contributed by atoms with Crippen LogP contribution in [-0.4, -0.2) is 6.04 Å². The molecule has 1 saturated carbocycles. The highest BCUT2D eigenvalue weighted by Gasteiger charge is 2.24. The third kappa shape index (κ3) is 3.55. The molecular weight excluding hydrogens is 293 g/mol. The van der Waals surface area contributed by atoms with Crippen LogP contribution in [-0.2, 0) is 6.54 Å². The van der Waals surface area contributed by atoms with Crippen molar-refractivity contribution < 1.29 is 4.39 Å². The van der Waals surface area contributed by atoms with Crippen LogP contribution in [0.1, 0.15) is 38.7 Å². The van der Waals surface area contributed by atoms with Crippen molar-refractivity contribution >= 4 is 15.9 Å². The van der Waals surface area contributed by atoms with Gasteiger partial charge in [0.05, 0.1) is 4.47 Å². The van der Waals surface area contributed by atoms with E-state index in [0.717, 1.165) is 18.0 Å². The van der Waals surface area contributed by atoms with Crippen molar-refractivity contribution in [2.75, 3.05) is 0 Å². The molecule has 1 aromatic carbocycles. The van der Waals surface area contributed by atoms with Crippen molar-refractivity contribution in [1.29, 1.82) is 0 Å². The Morgan fingerprint density at radius 3 is 2.78 bits per heavy atom. The smallest absolute Gasteiger partial charge is 0.137 e. The predicted octanol–water partition coefficient (Wildman–Crippen LogP) is 4.50. The lowest BCUT2D eigenvalue weighted by atomic mass is 9.80. The third-order valence-electron chi connectivity index (χ3n) is 3.98. The summed E-state index contributed by atoms with van der Waals surface area (Å²) in [5, 5.41) is 3.57. The summed E-state index contributed by atoms with van der Waals surface area (Å²) in [7, 11) is 0. The first-order valence-corrected chi connectivity index (χ1v) is 7.53. The number of nitrogens with one attached hydrogen (secondary N) is 1. The van der Waals surface area contributed by atoms with Gasteiger partial charge in [0.15, 0.2) is 0 Å². The summed E-state index contributed by atoms with van der Waals surface area (Å²) in [5.74, 6) is 1.39. The highest BCUT2D eigenvalue weighted by atomic mass is 79.9. The molecule has 1 aliphatic rings. The molecule has 3 unspecified atom stereocenters. The highest BCUT2D eigenvalue weighted by molar-refractivity contribution is 9.10. The van der Waals surface area contributed by atoms with Crippen molar-refractivity contribution in [2.24, 2.45) is 11.8 Å². The Kier molecular flexibility index (Phi) is 4.79. The van der Waals surface area contributed by atoms with E-state index in [2.05, 4.69) is 35.1 Å². The molecule has 3 atom stereocenters. The second kappa shape index (κ2) is 6.16. The molecule has 100 valence electrons. The lowest BCUT2D eigenvalue weighted by Gasteiger charge is -2.33. The van der Waals surface area contributed by atoms with Crippen LogP contribution in [0.25, 0.3) is 0 Å². The molecule has 1 fully saturated rings. The highest BCUT2D eigenvalue weighted by Crippen LogP contribution is 2.28. The Morgan fingerprint density at radius 2 is 2.11 bits per heavy atom. The molecule has 1 aliphatic carbocycles. The summed E-state index contributed by atoms with van der Waals surface area (Å²) in [6, 6.07) is 5.93. The minimum Gasteiger partial charge on any atom is -0.310 e. The summed E-state index contributed by atoms with van der Waals surface area (Å²) in [6.07, 6.45) is 3.84. The zero-order valence-corrected chi connectivity index (χ0v) is 12.6. The van der Waals surface area contributed by atoms with Gasteiger partial charge < -0.3 is 5.32 Å². The number of hydrogen-bond acceptors (Lipinski definition) is 1. The average molecular weight is 314 g/mol. The lowest BCUT2D eigenvalue weighted by Crippen LogP contribution is -2.38. The van der Waals surface area contributed by atoms with Gasteiger partial charge in [-0.15, -0.1) is 0 Å². The lowest BCUT2D eigenvalue weighted by molar-refractivity contribution is 0.227. The van der Waals surface area contributed by atoms with E-state index in [1.807, 2.05) is 6.07 Å². The van der Waals surface area contributed by atoms with Crippen LogP contribution in [0.4, 0.5) is 4.39 Å². The van der Waals surface area contributed by atoms with E-state index in [4.69, 9.17) is 0 Å². The number of hydrogen-bond donors (Lipinski definition) is 1. The second-order valence-electron chi connectivity index (χ2n) is 5.63. The summed E-state index contributed by atoms with van der Waals surface area (Å²) >= 11 is 3.18. The number of rotatable bonds is 3. The normalized spacial score (nSPS) is 28.3. The predicted molar refractivity (Wildman–Crippen MR) is 76.9 cm³/mol. The minimum absolute atomic E-state index is 0.181. The molecule has 18 heavy (non-hydrogen) atoms. The van der Waals surface area contributed by atoms with Gasteiger partial charge in [-0.05, 0) is 64.7 Å². The Balaban J connectivity index is 1.89. The summed E-state index contributed by atoms with van der Waals surface area (Å²) < 4.78 is 13.9. The molecule has 2 rings (SSSR count). The summed E-state index contributed by atoms with van der Waals surface area (Å²) in [5.41, 5.74) is 1.02. The van der Waals surface area contributed by atoms with Crippen molar-refractivity contribution in [1.82, 2.24) is 5.32 Å². The van der Waals surface area contributed by atoms with Crippen molar-refractivity contribution in [3.63, 3.8) is 0 Å². The Bertz CT molecular complexity index is 407. The topological polar surface area (TPSA) is 12.0 Å². The van der Waals surface area contributed by atoms with E-state index >= 15 is 0 Å². The van der Waals surface area contributed by atoms with Crippen molar-refractivity contribution in [3.8, 4) is 0 Å². The van der Waals surface area contributed by atoms with Gasteiger partial charge in [0.25, 0.3) is 0 Å². The maximum Gasteiger partial charge on any atom is 0.137 e. The molecule has 0 spiro atoms. The minimum atomic E-state index is -0.181. The van der Waals surface area contributed by atoms with Gasteiger partial charge in [-0.3, -0.25) is 0 Å². The van der Waals surface area contributed by atoms with Crippen molar-refractivity contribution in [3.05, 3.63) is 34.1 Å². The van der Waals surface area contributed by atoms with Gasteiger partial charge >= 0.3 is 0 Å². The SMILES string of the molecule is CC1CCC(NCc2ccc(Br)c(F)c2)C(C)C1. The van der Waals surface area contributed by atoms with E-state index in [-0.39, 0.29) is 5.82 Å². The Hall–Kier alpha value is -0.410. The molecule has 1 N–H and O–H groups in total.